The molecule has 114 valence electrons. The van der Waals surface area contributed by atoms with Gasteiger partial charge in [-0.05, 0) is 36.8 Å². The molecule has 0 saturated carbocycles. The first-order chi connectivity index (χ1) is 10.7. The smallest absolute Gasteiger partial charge is 0.259 e. The zero-order valence-corrected chi connectivity index (χ0v) is 12.7. The van der Waals surface area contributed by atoms with Crippen molar-refractivity contribution in [1.29, 1.82) is 0 Å². The van der Waals surface area contributed by atoms with Crippen molar-refractivity contribution in [2.75, 3.05) is 19.0 Å². The summed E-state index contributed by atoms with van der Waals surface area (Å²) < 4.78 is 5.12. The monoisotopic (exact) mass is 297 g/mol. The summed E-state index contributed by atoms with van der Waals surface area (Å²) >= 11 is 0. The van der Waals surface area contributed by atoms with Crippen LogP contribution >= 0.6 is 0 Å². The van der Waals surface area contributed by atoms with E-state index in [0.717, 1.165) is 17.0 Å². The molecule has 0 heterocycles. The minimum Gasteiger partial charge on any atom is -0.497 e. The number of amides is 1. The van der Waals surface area contributed by atoms with Crippen molar-refractivity contribution in [3.05, 3.63) is 59.7 Å². The number of carbonyl (C=O) groups excluding carboxylic acids is 1. The van der Waals surface area contributed by atoms with Crippen LogP contribution in [-0.4, -0.2) is 25.8 Å². The van der Waals surface area contributed by atoms with Gasteiger partial charge in [-0.1, -0.05) is 29.8 Å². The van der Waals surface area contributed by atoms with Crippen LogP contribution in [0, 0.1) is 6.92 Å². The van der Waals surface area contributed by atoms with Gasteiger partial charge >= 0.3 is 0 Å². The molecule has 0 aliphatic rings. The number of hydrogen-bond acceptors (Lipinski definition) is 4. The van der Waals surface area contributed by atoms with E-state index in [1.165, 1.54) is 5.56 Å². The zero-order valence-electron chi connectivity index (χ0n) is 12.7. The van der Waals surface area contributed by atoms with Crippen LogP contribution in [0.4, 0.5) is 5.69 Å². The van der Waals surface area contributed by atoms with Crippen molar-refractivity contribution in [2.24, 2.45) is 5.10 Å². The van der Waals surface area contributed by atoms with Crippen molar-refractivity contribution in [3.8, 4) is 5.75 Å². The molecule has 0 aromatic heterocycles. The average Bonchev–Trinajstić information content (AvgIpc) is 2.54. The summed E-state index contributed by atoms with van der Waals surface area (Å²) in [5, 5.41) is 6.96. The first kappa shape index (κ1) is 15.6. The second kappa shape index (κ2) is 7.83. The topological polar surface area (TPSA) is 62.7 Å². The number of carbonyl (C=O) groups is 1. The number of ether oxygens (including phenoxy) is 1. The van der Waals surface area contributed by atoms with Gasteiger partial charge in [-0.3, -0.25) is 4.79 Å². The summed E-state index contributed by atoms with van der Waals surface area (Å²) in [6.07, 6.45) is 1.58. The van der Waals surface area contributed by atoms with Gasteiger partial charge < -0.3 is 10.1 Å². The van der Waals surface area contributed by atoms with Gasteiger partial charge in [0.05, 0.1) is 19.9 Å². The molecule has 1 amide bonds. The van der Waals surface area contributed by atoms with Crippen LogP contribution in [0.3, 0.4) is 0 Å². The molecule has 0 radical (unpaired) electrons. The molecule has 2 aromatic carbocycles. The second-order valence-corrected chi connectivity index (χ2v) is 4.79. The van der Waals surface area contributed by atoms with Crippen LogP contribution in [0.15, 0.2) is 53.6 Å². The third-order valence-corrected chi connectivity index (χ3v) is 3.00. The fourth-order valence-electron chi connectivity index (χ4n) is 1.79. The van der Waals surface area contributed by atoms with Gasteiger partial charge in [0.25, 0.3) is 5.91 Å². The van der Waals surface area contributed by atoms with Gasteiger partial charge in [0.1, 0.15) is 5.75 Å². The van der Waals surface area contributed by atoms with Gasteiger partial charge in [0.15, 0.2) is 0 Å². The van der Waals surface area contributed by atoms with Crippen molar-refractivity contribution in [2.45, 2.75) is 6.92 Å². The molecular formula is C17H19N3O2. The molecule has 0 bridgehead atoms. The Bertz CT molecular complexity index is 651. The third-order valence-electron chi connectivity index (χ3n) is 3.00. The predicted molar refractivity (Wildman–Crippen MR) is 88.4 cm³/mol. The van der Waals surface area contributed by atoms with Crippen LogP contribution in [0.5, 0.6) is 5.75 Å². The van der Waals surface area contributed by atoms with E-state index in [4.69, 9.17) is 4.74 Å². The molecule has 0 atom stereocenters. The summed E-state index contributed by atoms with van der Waals surface area (Å²) in [6, 6.07) is 15.3. The van der Waals surface area contributed by atoms with E-state index in [1.54, 1.807) is 13.3 Å². The van der Waals surface area contributed by atoms with Crippen LogP contribution in [0.1, 0.15) is 11.1 Å². The number of anilines is 1. The average molecular weight is 297 g/mol. The van der Waals surface area contributed by atoms with E-state index >= 15 is 0 Å². The van der Waals surface area contributed by atoms with E-state index < -0.39 is 0 Å². The number of benzene rings is 2. The van der Waals surface area contributed by atoms with Crippen LogP contribution in [0.2, 0.25) is 0 Å². The number of nitrogens with zero attached hydrogens (tertiary/aromatic N) is 1. The molecule has 2 rings (SSSR count). The lowest BCUT2D eigenvalue weighted by Crippen LogP contribution is -2.25. The number of hydrogen-bond donors (Lipinski definition) is 2. The Labute approximate surface area is 130 Å². The largest absolute Gasteiger partial charge is 0.497 e. The fourth-order valence-corrected chi connectivity index (χ4v) is 1.79. The summed E-state index contributed by atoms with van der Waals surface area (Å²) in [5.74, 6) is 0.538. The maximum Gasteiger partial charge on any atom is 0.259 e. The Hall–Kier alpha value is -2.82. The Balaban J connectivity index is 1.79. The molecule has 22 heavy (non-hydrogen) atoms. The number of hydrazone groups is 1. The molecule has 0 aliphatic carbocycles. The van der Waals surface area contributed by atoms with Gasteiger partial charge in [-0.15, -0.1) is 0 Å². The SMILES string of the molecule is COc1cccc(/C=N\NC(=O)CNc2ccc(C)cc2)c1. The molecule has 0 aliphatic heterocycles. The van der Waals surface area contributed by atoms with Crippen molar-refractivity contribution in [1.82, 2.24) is 5.43 Å². The Morgan fingerprint density at radius 1 is 1.23 bits per heavy atom. The quantitative estimate of drug-likeness (QED) is 0.636. The minimum atomic E-state index is -0.209. The number of rotatable bonds is 6. The van der Waals surface area contributed by atoms with E-state index in [2.05, 4.69) is 15.8 Å². The highest BCUT2D eigenvalue weighted by molar-refractivity contribution is 5.84. The highest BCUT2D eigenvalue weighted by atomic mass is 16.5. The molecule has 0 unspecified atom stereocenters. The maximum atomic E-state index is 11.7. The Morgan fingerprint density at radius 3 is 2.73 bits per heavy atom. The second-order valence-electron chi connectivity index (χ2n) is 4.79. The van der Waals surface area contributed by atoms with Crippen LogP contribution in [-0.2, 0) is 4.79 Å². The lowest BCUT2D eigenvalue weighted by atomic mass is 10.2. The van der Waals surface area contributed by atoms with Gasteiger partial charge in [0.2, 0.25) is 0 Å². The van der Waals surface area contributed by atoms with Crippen LogP contribution < -0.4 is 15.5 Å². The van der Waals surface area contributed by atoms with Gasteiger partial charge in [-0.2, -0.15) is 5.10 Å². The number of aryl methyl sites for hydroxylation is 1. The number of methoxy groups -OCH3 is 1. The fraction of sp³-hybridized carbons (Fsp3) is 0.176. The highest BCUT2D eigenvalue weighted by Crippen LogP contribution is 2.10. The van der Waals surface area contributed by atoms with Crippen molar-refractivity contribution in [3.63, 3.8) is 0 Å². The molecule has 2 aromatic rings. The van der Waals surface area contributed by atoms with E-state index in [1.807, 2.05) is 55.5 Å². The van der Waals surface area contributed by atoms with Crippen LogP contribution in [0.25, 0.3) is 0 Å². The summed E-state index contributed by atoms with van der Waals surface area (Å²) in [5.41, 5.74) is 5.41. The third kappa shape index (κ3) is 4.94. The summed E-state index contributed by atoms with van der Waals surface area (Å²) in [4.78, 5) is 11.7. The van der Waals surface area contributed by atoms with E-state index in [0.29, 0.717) is 0 Å². The van der Waals surface area contributed by atoms with Crippen molar-refractivity contribution < 1.29 is 9.53 Å². The minimum absolute atomic E-state index is 0.165. The Kier molecular flexibility index (Phi) is 5.54. The lowest BCUT2D eigenvalue weighted by Gasteiger charge is -2.05. The van der Waals surface area contributed by atoms with Gasteiger partial charge in [0, 0.05) is 5.69 Å². The zero-order chi connectivity index (χ0) is 15.8. The molecule has 0 saturated heterocycles. The lowest BCUT2D eigenvalue weighted by molar-refractivity contribution is -0.119. The molecule has 0 spiro atoms. The standard InChI is InChI=1S/C17H19N3O2/c1-13-6-8-15(9-7-13)18-12-17(21)20-19-11-14-4-3-5-16(10-14)22-2/h3-11,18H,12H2,1-2H3,(H,20,21)/b19-11-. The molecule has 5 heteroatoms. The molecular weight excluding hydrogens is 278 g/mol. The number of nitrogens with one attached hydrogen (secondary N) is 2. The molecule has 0 fully saturated rings. The predicted octanol–water partition coefficient (Wildman–Crippen LogP) is 2.57. The molecule has 5 nitrogen and oxygen atoms in total. The molecule has 2 N–H and O–H groups in total. The normalized spacial score (nSPS) is 10.5. The summed E-state index contributed by atoms with van der Waals surface area (Å²) in [7, 11) is 1.61. The maximum absolute atomic E-state index is 11.7. The Morgan fingerprint density at radius 2 is 2.00 bits per heavy atom. The first-order valence-electron chi connectivity index (χ1n) is 6.94. The van der Waals surface area contributed by atoms with Gasteiger partial charge in [-0.25, -0.2) is 5.43 Å². The van der Waals surface area contributed by atoms with E-state index in [-0.39, 0.29) is 12.5 Å². The first-order valence-corrected chi connectivity index (χ1v) is 6.94. The van der Waals surface area contributed by atoms with Crippen molar-refractivity contribution >= 4 is 17.8 Å². The highest BCUT2D eigenvalue weighted by Gasteiger charge is 1.99. The summed E-state index contributed by atoms with van der Waals surface area (Å²) in [6.45, 7) is 2.18. The van der Waals surface area contributed by atoms with E-state index in [9.17, 15) is 4.79 Å².